The van der Waals surface area contributed by atoms with Gasteiger partial charge in [0.05, 0.1) is 30.1 Å². The Balaban J connectivity index is 2.00. The highest BCUT2D eigenvalue weighted by molar-refractivity contribution is 6.02. The molecule has 4 nitrogen and oxygen atoms in total. The zero-order valence-electron chi connectivity index (χ0n) is 12.6. The van der Waals surface area contributed by atoms with E-state index in [2.05, 4.69) is 0 Å². The summed E-state index contributed by atoms with van der Waals surface area (Å²) in [5, 5.41) is 9.13. The molecule has 0 aromatic heterocycles. The Kier molecular flexibility index (Phi) is 4.19. The Morgan fingerprint density at radius 3 is 2.33 bits per heavy atom. The van der Waals surface area contributed by atoms with Crippen LogP contribution in [-0.2, 0) is 6.18 Å². The zero-order valence-corrected chi connectivity index (χ0v) is 12.6. The fourth-order valence-corrected chi connectivity index (χ4v) is 2.72. The number of nitrogens with zero attached hydrogens (tertiary/aromatic N) is 2. The van der Waals surface area contributed by atoms with Crippen molar-refractivity contribution in [2.24, 2.45) is 0 Å². The number of rotatable bonds is 3. The topological polar surface area (TPSA) is 43.8 Å². The van der Waals surface area contributed by atoms with Gasteiger partial charge >= 0.3 is 6.18 Å². The molecule has 0 aliphatic carbocycles. The number of hydrogen-bond donors (Lipinski definition) is 1. The van der Waals surface area contributed by atoms with E-state index in [-0.39, 0.29) is 25.7 Å². The van der Waals surface area contributed by atoms with Crippen molar-refractivity contribution in [2.45, 2.75) is 6.18 Å². The van der Waals surface area contributed by atoms with Gasteiger partial charge in [0.1, 0.15) is 0 Å². The van der Waals surface area contributed by atoms with Gasteiger partial charge in [0, 0.05) is 12.2 Å². The standard InChI is InChI=1S/C17H15F3N2O2/c18-17(19,20)12-5-7-13(8-6-12)22-11-21(9-10-23)16(24)14-3-1-2-4-15(14)22/h1-8,23H,9-11H2. The fraction of sp³-hybridized carbons (Fsp3) is 0.235. The summed E-state index contributed by atoms with van der Waals surface area (Å²) < 4.78 is 38.2. The molecule has 0 saturated carbocycles. The van der Waals surface area contributed by atoms with E-state index in [1.807, 2.05) is 0 Å². The summed E-state index contributed by atoms with van der Waals surface area (Å²) in [5.41, 5.74) is 0.916. The van der Waals surface area contributed by atoms with Gasteiger partial charge in [-0.05, 0) is 36.4 Å². The van der Waals surface area contributed by atoms with Gasteiger partial charge in [-0.25, -0.2) is 0 Å². The van der Waals surface area contributed by atoms with Crippen LogP contribution >= 0.6 is 0 Å². The number of fused-ring (bicyclic) bond motifs is 1. The van der Waals surface area contributed by atoms with Gasteiger partial charge in [-0.15, -0.1) is 0 Å². The monoisotopic (exact) mass is 336 g/mol. The van der Waals surface area contributed by atoms with E-state index in [1.165, 1.54) is 17.0 Å². The summed E-state index contributed by atoms with van der Waals surface area (Å²) in [5.74, 6) is -0.206. The fourth-order valence-electron chi connectivity index (χ4n) is 2.72. The molecule has 0 atom stereocenters. The third-order valence-corrected chi connectivity index (χ3v) is 3.90. The van der Waals surface area contributed by atoms with E-state index < -0.39 is 11.7 Å². The largest absolute Gasteiger partial charge is 0.416 e. The predicted octanol–water partition coefficient (Wildman–Crippen LogP) is 3.25. The minimum absolute atomic E-state index is 0.157. The molecule has 3 rings (SSSR count). The molecule has 0 saturated heterocycles. The molecule has 7 heteroatoms. The SMILES string of the molecule is O=C1c2ccccc2N(c2ccc(C(F)(F)F)cc2)CN1CCO. The van der Waals surface area contributed by atoms with Gasteiger partial charge in [0.15, 0.2) is 0 Å². The van der Waals surface area contributed by atoms with E-state index >= 15 is 0 Å². The minimum Gasteiger partial charge on any atom is -0.395 e. The Bertz CT molecular complexity index is 744. The Morgan fingerprint density at radius 1 is 1.04 bits per heavy atom. The molecule has 1 heterocycles. The highest BCUT2D eigenvalue weighted by Crippen LogP contribution is 2.35. The molecule has 2 aromatic rings. The number of benzene rings is 2. The maximum atomic E-state index is 12.7. The molecule has 0 unspecified atom stereocenters. The number of carbonyl (C=O) groups excluding carboxylic acids is 1. The quantitative estimate of drug-likeness (QED) is 0.936. The highest BCUT2D eigenvalue weighted by Gasteiger charge is 2.32. The molecule has 126 valence electrons. The summed E-state index contributed by atoms with van der Waals surface area (Å²) in [6.07, 6.45) is -4.39. The van der Waals surface area contributed by atoms with Crippen LogP contribution in [0.15, 0.2) is 48.5 Å². The van der Waals surface area contributed by atoms with Gasteiger partial charge in [-0.1, -0.05) is 12.1 Å². The lowest BCUT2D eigenvalue weighted by Crippen LogP contribution is -2.45. The summed E-state index contributed by atoms with van der Waals surface area (Å²) in [4.78, 5) is 15.6. The van der Waals surface area contributed by atoms with E-state index in [1.54, 1.807) is 29.2 Å². The lowest BCUT2D eigenvalue weighted by molar-refractivity contribution is -0.137. The second kappa shape index (κ2) is 6.16. The molecule has 0 spiro atoms. The Hall–Kier alpha value is -2.54. The summed E-state index contributed by atoms with van der Waals surface area (Å²) in [7, 11) is 0. The first kappa shape index (κ1) is 16.3. The van der Waals surface area contributed by atoms with E-state index in [0.29, 0.717) is 16.9 Å². The molecule has 0 radical (unpaired) electrons. The summed E-state index contributed by atoms with van der Waals surface area (Å²) in [6.45, 7) is 0.140. The van der Waals surface area contributed by atoms with Crippen LogP contribution in [0.5, 0.6) is 0 Å². The van der Waals surface area contributed by atoms with Crippen LogP contribution in [0, 0.1) is 0 Å². The number of β-amino-alcohol motifs (C(OH)–C–C–N with tert-alkyl or cyclic N) is 1. The highest BCUT2D eigenvalue weighted by atomic mass is 19.4. The van der Waals surface area contributed by atoms with Gasteiger partial charge in [-0.2, -0.15) is 13.2 Å². The van der Waals surface area contributed by atoms with Crippen molar-refractivity contribution in [3.8, 4) is 0 Å². The first-order valence-electron chi connectivity index (χ1n) is 7.36. The molecule has 0 fully saturated rings. The number of aliphatic hydroxyl groups is 1. The summed E-state index contributed by atoms with van der Waals surface area (Å²) in [6, 6.07) is 11.7. The molecule has 24 heavy (non-hydrogen) atoms. The predicted molar refractivity (Wildman–Crippen MR) is 83.0 cm³/mol. The van der Waals surface area contributed by atoms with Crippen molar-refractivity contribution in [3.63, 3.8) is 0 Å². The van der Waals surface area contributed by atoms with E-state index in [4.69, 9.17) is 5.11 Å². The van der Waals surface area contributed by atoms with Gasteiger partial charge in [-0.3, -0.25) is 4.79 Å². The first-order chi connectivity index (χ1) is 11.4. The van der Waals surface area contributed by atoms with Gasteiger partial charge in [0.2, 0.25) is 0 Å². The Morgan fingerprint density at radius 2 is 1.71 bits per heavy atom. The maximum absolute atomic E-state index is 12.7. The number of amides is 1. The van der Waals surface area contributed by atoms with Crippen LogP contribution in [0.3, 0.4) is 0 Å². The zero-order chi connectivity index (χ0) is 17.3. The van der Waals surface area contributed by atoms with Crippen LogP contribution in [0.4, 0.5) is 24.5 Å². The van der Waals surface area contributed by atoms with Crippen LogP contribution in [-0.4, -0.2) is 35.7 Å². The van der Waals surface area contributed by atoms with E-state index in [0.717, 1.165) is 12.1 Å². The van der Waals surface area contributed by atoms with Gasteiger partial charge < -0.3 is 14.9 Å². The van der Waals surface area contributed by atoms with Crippen LogP contribution in [0.25, 0.3) is 0 Å². The summed E-state index contributed by atoms with van der Waals surface area (Å²) >= 11 is 0. The molecule has 1 amide bonds. The maximum Gasteiger partial charge on any atom is 0.416 e. The third-order valence-electron chi connectivity index (χ3n) is 3.90. The number of hydrogen-bond acceptors (Lipinski definition) is 3. The van der Waals surface area contributed by atoms with Crippen LogP contribution in [0.1, 0.15) is 15.9 Å². The second-order valence-corrected chi connectivity index (χ2v) is 5.42. The van der Waals surface area contributed by atoms with Crippen LogP contribution in [0.2, 0.25) is 0 Å². The van der Waals surface area contributed by atoms with Crippen molar-refractivity contribution in [2.75, 3.05) is 24.7 Å². The molecule has 2 aromatic carbocycles. The number of para-hydroxylation sites is 1. The van der Waals surface area contributed by atoms with Crippen molar-refractivity contribution in [1.29, 1.82) is 0 Å². The number of alkyl halides is 3. The van der Waals surface area contributed by atoms with Gasteiger partial charge in [0.25, 0.3) is 5.91 Å². The molecule has 1 aliphatic heterocycles. The average molecular weight is 336 g/mol. The number of halogens is 3. The average Bonchev–Trinajstić information content (AvgIpc) is 2.57. The first-order valence-corrected chi connectivity index (χ1v) is 7.36. The second-order valence-electron chi connectivity index (χ2n) is 5.42. The minimum atomic E-state index is -4.39. The molecule has 1 N–H and O–H groups in total. The van der Waals surface area contributed by atoms with Crippen molar-refractivity contribution >= 4 is 17.3 Å². The van der Waals surface area contributed by atoms with Crippen molar-refractivity contribution < 1.29 is 23.1 Å². The van der Waals surface area contributed by atoms with Crippen molar-refractivity contribution in [3.05, 3.63) is 59.7 Å². The normalized spacial score (nSPS) is 14.8. The Labute approximate surface area is 136 Å². The molecular formula is C17H15F3N2O2. The number of aliphatic hydroxyl groups excluding tert-OH is 1. The smallest absolute Gasteiger partial charge is 0.395 e. The third kappa shape index (κ3) is 2.94. The van der Waals surface area contributed by atoms with Crippen LogP contribution < -0.4 is 4.90 Å². The molecule has 0 bridgehead atoms. The lowest BCUT2D eigenvalue weighted by atomic mass is 10.1. The number of anilines is 2. The van der Waals surface area contributed by atoms with E-state index in [9.17, 15) is 18.0 Å². The molecular weight excluding hydrogens is 321 g/mol. The number of carbonyl (C=O) groups is 1. The molecule has 1 aliphatic rings. The van der Waals surface area contributed by atoms with Crippen molar-refractivity contribution in [1.82, 2.24) is 4.90 Å². The lowest BCUT2D eigenvalue weighted by Gasteiger charge is -2.37.